The Morgan fingerprint density at radius 1 is 1.10 bits per heavy atom. The van der Waals surface area contributed by atoms with Gasteiger partial charge in [-0.25, -0.2) is 4.98 Å². The lowest BCUT2D eigenvalue weighted by Gasteiger charge is -2.22. The number of hydrogen-bond acceptors (Lipinski definition) is 3. The highest BCUT2D eigenvalue weighted by molar-refractivity contribution is 9.14. The fourth-order valence-corrected chi connectivity index (χ4v) is 5.15. The van der Waals surface area contributed by atoms with Crippen molar-refractivity contribution in [1.82, 2.24) is 9.55 Å². The number of nitrogens with two attached hydrogens (primary N) is 1. The molecule has 112 valence electrons. The average molecular weight is 479 g/mol. The molecular weight excluding hydrogens is 464 g/mol. The van der Waals surface area contributed by atoms with Crippen LogP contribution in [0.4, 0.5) is 5.95 Å². The Balaban J connectivity index is 1.99. The minimum absolute atomic E-state index is 0.266. The maximum absolute atomic E-state index is 6.07. The van der Waals surface area contributed by atoms with Crippen LogP contribution in [0.3, 0.4) is 0 Å². The molecule has 1 aromatic carbocycles. The number of anilines is 1. The number of hydrogen-bond donors (Lipinski definition) is 1. The van der Waals surface area contributed by atoms with Crippen LogP contribution in [0.25, 0.3) is 11.0 Å². The van der Waals surface area contributed by atoms with E-state index in [0.29, 0.717) is 0 Å². The van der Waals surface area contributed by atoms with Crippen molar-refractivity contribution in [3.05, 3.63) is 19.0 Å². The van der Waals surface area contributed by atoms with Gasteiger partial charge in [-0.15, -0.1) is 0 Å². The van der Waals surface area contributed by atoms with Crippen LogP contribution >= 0.6 is 47.8 Å². The Bertz CT molecular complexity index is 740. The molecule has 2 aromatic rings. The molecule has 0 aliphatic carbocycles. The molecule has 1 aromatic heterocycles. The number of aryl methyl sites for hydroxylation is 2. The van der Waals surface area contributed by atoms with Crippen LogP contribution in [0.2, 0.25) is 0 Å². The molecule has 0 radical (unpaired) electrons. The number of benzene rings is 1. The van der Waals surface area contributed by atoms with Gasteiger partial charge >= 0.3 is 0 Å². The highest BCUT2D eigenvalue weighted by atomic mass is 79.9. The van der Waals surface area contributed by atoms with E-state index >= 15 is 0 Å². The number of nitrogens with zero attached hydrogens (tertiary/aromatic N) is 3. The molecule has 7 heteroatoms. The van der Waals surface area contributed by atoms with E-state index in [0.717, 1.165) is 63.8 Å². The maximum atomic E-state index is 6.07. The van der Waals surface area contributed by atoms with Crippen LogP contribution in [-0.2, 0) is 13.0 Å². The molecule has 0 unspecified atom stereocenters. The van der Waals surface area contributed by atoms with Gasteiger partial charge in [0.1, 0.15) is 5.52 Å². The van der Waals surface area contributed by atoms with E-state index in [1.54, 1.807) is 0 Å². The predicted molar refractivity (Wildman–Crippen MR) is 96.0 cm³/mol. The Morgan fingerprint density at radius 2 is 1.90 bits per heavy atom. The summed E-state index contributed by atoms with van der Waals surface area (Å²) in [5, 5.41) is 0. The molecule has 1 fully saturated rings. The van der Waals surface area contributed by atoms with Gasteiger partial charge in [0.2, 0.25) is 5.95 Å². The minimum Gasteiger partial charge on any atom is -0.341 e. The van der Waals surface area contributed by atoms with Gasteiger partial charge in [-0.05, 0) is 72.6 Å². The summed E-state index contributed by atoms with van der Waals surface area (Å²) < 4.78 is 5.60. The fourth-order valence-electron chi connectivity index (χ4n) is 3.40. The van der Waals surface area contributed by atoms with Crippen LogP contribution in [-0.4, -0.2) is 28.7 Å². The molecule has 1 atom stereocenters. The summed E-state index contributed by atoms with van der Waals surface area (Å²) in [5.41, 5.74) is 9.74. The molecule has 0 spiro atoms. The number of imidazole rings is 1. The molecule has 0 saturated carbocycles. The third kappa shape index (κ3) is 2.11. The summed E-state index contributed by atoms with van der Waals surface area (Å²) in [7, 11) is 0. The zero-order valence-corrected chi connectivity index (χ0v) is 16.1. The van der Waals surface area contributed by atoms with E-state index < -0.39 is 0 Å². The standard InChI is InChI=1S/C14H15Br3N4/c15-9-8-2-1-4-21-13(8)12(11(17)10(9)16)19-14(21)20-5-3-7(18)6-20/h7H,1-6,18H2/t7-/m1/s1. The second-order valence-corrected chi connectivity index (χ2v) is 8.16. The first-order valence-electron chi connectivity index (χ1n) is 7.14. The smallest absolute Gasteiger partial charge is 0.206 e. The fraction of sp³-hybridized carbons (Fsp3) is 0.500. The van der Waals surface area contributed by atoms with Gasteiger partial charge in [0.05, 0.1) is 9.99 Å². The highest BCUT2D eigenvalue weighted by Crippen LogP contribution is 2.44. The van der Waals surface area contributed by atoms with Crippen molar-refractivity contribution < 1.29 is 0 Å². The van der Waals surface area contributed by atoms with Gasteiger partial charge in [-0.1, -0.05) is 0 Å². The summed E-state index contributed by atoms with van der Waals surface area (Å²) in [4.78, 5) is 7.27. The second-order valence-electron chi connectivity index (χ2n) is 5.78. The van der Waals surface area contributed by atoms with Crippen molar-refractivity contribution >= 4 is 64.8 Å². The lowest BCUT2D eigenvalue weighted by Crippen LogP contribution is -2.28. The highest BCUT2D eigenvalue weighted by Gasteiger charge is 2.29. The topological polar surface area (TPSA) is 47.1 Å². The molecule has 0 amide bonds. The van der Waals surface area contributed by atoms with E-state index in [4.69, 9.17) is 10.7 Å². The SMILES string of the molecule is N[C@@H]1CCN(c2nc3c(Br)c(Br)c(Br)c4c3n2CCC4)C1. The molecule has 2 N–H and O–H groups in total. The van der Waals surface area contributed by atoms with Crippen molar-refractivity contribution in [2.24, 2.45) is 5.73 Å². The summed E-state index contributed by atoms with van der Waals surface area (Å²) in [6, 6.07) is 0.266. The normalized spacial score (nSPS) is 21.5. The second kappa shape index (κ2) is 5.22. The van der Waals surface area contributed by atoms with Crippen LogP contribution in [0.1, 0.15) is 18.4 Å². The van der Waals surface area contributed by atoms with Gasteiger partial charge < -0.3 is 15.2 Å². The van der Waals surface area contributed by atoms with Crippen molar-refractivity contribution in [1.29, 1.82) is 0 Å². The minimum atomic E-state index is 0.266. The number of rotatable bonds is 1. The quantitative estimate of drug-likeness (QED) is 0.634. The monoisotopic (exact) mass is 476 g/mol. The molecule has 4 nitrogen and oxygen atoms in total. The molecule has 2 aliphatic heterocycles. The third-order valence-corrected chi connectivity index (χ3v) is 7.91. The average Bonchev–Trinajstić information content (AvgIpc) is 3.07. The van der Waals surface area contributed by atoms with E-state index in [1.807, 2.05) is 0 Å². The Hall–Kier alpha value is -0.110. The molecule has 4 rings (SSSR count). The third-order valence-electron chi connectivity index (χ3n) is 4.41. The lowest BCUT2D eigenvalue weighted by atomic mass is 10.0. The van der Waals surface area contributed by atoms with E-state index in [2.05, 4.69) is 57.3 Å². The Kier molecular flexibility index (Phi) is 3.60. The zero-order valence-electron chi connectivity index (χ0n) is 11.4. The van der Waals surface area contributed by atoms with Crippen LogP contribution in [0.5, 0.6) is 0 Å². The van der Waals surface area contributed by atoms with Crippen LogP contribution in [0.15, 0.2) is 13.4 Å². The molecule has 21 heavy (non-hydrogen) atoms. The van der Waals surface area contributed by atoms with Crippen molar-refractivity contribution in [3.8, 4) is 0 Å². The predicted octanol–water partition coefficient (Wildman–Crippen LogP) is 3.81. The summed E-state index contributed by atoms with van der Waals surface area (Å²) in [6.45, 7) is 2.93. The summed E-state index contributed by atoms with van der Waals surface area (Å²) in [6.07, 6.45) is 3.29. The van der Waals surface area contributed by atoms with Crippen molar-refractivity contribution in [2.45, 2.75) is 31.8 Å². The van der Waals surface area contributed by atoms with Gasteiger partial charge in [0.15, 0.2) is 0 Å². The Morgan fingerprint density at radius 3 is 2.62 bits per heavy atom. The van der Waals surface area contributed by atoms with Crippen LogP contribution in [0, 0.1) is 0 Å². The van der Waals surface area contributed by atoms with Crippen LogP contribution < -0.4 is 10.6 Å². The first-order chi connectivity index (χ1) is 10.1. The van der Waals surface area contributed by atoms with Gasteiger partial charge in [0.25, 0.3) is 0 Å². The van der Waals surface area contributed by atoms with Crippen molar-refractivity contribution in [3.63, 3.8) is 0 Å². The molecule has 3 heterocycles. The number of halogens is 3. The Labute approximate surface area is 148 Å². The lowest BCUT2D eigenvalue weighted by molar-refractivity contribution is 0.622. The van der Waals surface area contributed by atoms with E-state index in [-0.39, 0.29) is 6.04 Å². The summed E-state index contributed by atoms with van der Waals surface area (Å²) >= 11 is 11.1. The first-order valence-corrected chi connectivity index (χ1v) is 9.52. The molecule has 1 saturated heterocycles. The molecule has 0 bridgehead atoms. The van der Waals surface area contributed by atoms with Gasteiger partial charge in [-0.3, -0.25) is 0 Å². The summed E-state index contributed by atoms with van der Waals surface area (Å²) in [5.74, 6) is 1.07. The van der Waals surface area contributed by atoms with E-state index in [1.165, 1.54) is 11.1 Å². The van der Waals surface area contributed by atoms with E-state index in [9.17, 15) is 0 Å². The first kappa shape index (κ1) is 14.5. The van der Waals surface area contributed by atoms with Gasteiger partial charge in [-0.2, -0.15) is 0 Å². The maximum Gasteiger partial charge on any atom is 0.206 e. The van der Waals surface area contributed by atoms with Crippen molar-refractivity contribution in [2.75, 3.05) is 18.0 Å². The number of aromatic nitrogens is 2. The zero-order chi connectivity index (χ0) is 14.7. The largest absolute Gasteiger partial charge is 0.341 e. The molecular formula is C14H15Br3N4. The van der Waals surface area contributed by atoms with Gasteiger partial charge in [0, 0.05) is 34.6 Å². The molecule has 2 aliphatic rings.